The van der Waals surface area contributed by atoms with Gasteiger partial charge in [0.25, 0.3) is 0 Å². The van der Waals surface area contributed by atoms with Crippen LogP contribution in [-0.2, 0) is 16.0 Å². The largest absolute Gasteiger partial charge is 0.394 e. The average molecular weight is 278 g/mol. The third kappa shape index (κ3) is 4.30. The van der Waals surface area contributed by atoms with Gasteiger partial charge in [0.15, 0.2) is 0 Å². The smallest absolute Gasteiger partial charge is 0.241 e. The maximum absolute atomic E-state index is 12.1. The van der Waals surface area contributed by atoms with Gasteiger partial charge in [-0.2, -0.15) is 0 Å². The fourth-order valence-corrected chi connectivity index (χ4v) is 2.32. The van der Waals surface area contributed by atoms with E-state index in [0.29, 0.717) is 13.2 Å². The molecule has 0 aliphatic carbocycles. The second-order valence-corrected chi connectivity index (χ2v) is 4.88. The molecule has 20 heavy (non-hydrogen) atoms. The van der Waals surface area contributed by atoms with Gasteiger partial charge in [-0.1, -0.05) is 18.2 Å². The number of ether oxygens (including phenoxy) is 1. The average Bonchev–Trinajstić information content (AvgIpc) is 2.62. The minimum Gasteiger partial charge on any atom is -0.394 e. The number of aryl methyl sites for hydroxylation is 1. The Morgan fingerprint density at radius 3 is 3.05 bits per heavy atom. The zero-order valence-electron chi connectivity index (χ0n) is 11.6. The van der Waals surface area contributed by atoms with Gasteiger partial charge in [-0.05, 0) is 37.4 Å². The van der Waals surface area contributed by atoms with Crippen molar-refractivity contribution in [2.24, 2.45) is 0 Å². The molecule has 1 aromatic carbocycles. The van der Waals surface area contributed by atoms with Gasteiger partial charge in [0.05, 0.1) is 19.3 Å². The fraction of sp³-hybridized carbons (Fsp3) is 0.533. The van der Waals surface area contributed by atoms with E-state index >= 15 is 0 Å². The van der Waals surface area contributed by atoms with Crippen LogP contribution < -0.4 is 10.6 Å². The number of amides is 1. The summed E-state index contributed by atoms with van der Waals surface area (Å²) in [6, 6.07) is 7.78. The highest BCUT2D eigenvalue weighted by atomic mass is 16.5. The van der Waals surface area contributed by atoms with E-state index in [4.69, 9.17) is 9.84 Å². The maximum Gasteiger partial charge on any atom is 0.241 e. The zero-order chi connectivity index (χ0) is 14.2. The summed E-state index contributed by atoms with van der Waals surface area (Å²) in [5, 5.41) is 14.8. The Hall–Kier alpha value is -1.43. The first-order valence-electron chi connectivity index (χ1n) is 7.12. The summed E-state index contributed by atoms with van der Waals surface area (Å²) >= 11 is 0. The van der Waals surface area contributed by atoms with Gasteiger partial charge in [-0.3, -0.25) is 4.79 Å². The number of rotatable bonds is 7. The maximum atomic E-state index is 12.1. The molecule has 1 atom stereocenters. The van der Waals surface area contributed by atoms with Crippen molar-refractivity contribution < 1.29 is 14.6 Å². The molecule has 1 amide bonds. The SMILES string of the molecule is O=C1Nc2ccccc2CCC1NCCCOCCO. The summed E-state index contributed by atoms with van der Waals surface area (Å²) < 4.78 is 5.18. The number of para-hydroxylation sites is 1. The molecule has 110 valence electrons. The predicted octanol–water partition coefficient (Wildman–Crippen LogP) is 0.928. The van der Waals surface area contributed by atoms with Crippen molar-refractivity contribution in [2.45, 2.75) is 25.3 Å². The van der Waals surface area contributed by atoms with Gasteiger partial charge in [0.2, 0.25) is 5.91 Å². The number of benzene rings is 1. The van der Waals surface area contributed by atoms with Crippen LogP contribution in [0.2, 0.25) is 0 Å². The van der Waals surface area contributed by atoms with Gasteiger partial charge in [-0.25, -0.2) is 0 Å². The number of hydrogen-bond donors (Lipinski definition) is 3. The van der Waals surface area contributed by atoms with Crippen LogP contribution in [0, 0.1) is 0 Å². The highest BCUT2D eigenvalue weighted by Gasteiger charge is 2.22. The lowest BCUT2D eigenvalue weighted by atomic mass is 10.1. The number of carbonyl (C=O) groups excluding carboxylic acids is 1. The van der Waals surface area contributed by atoms with Crippen molar-refractivity contribution >= 4 is 11.6 Å². The number of carbonyl (C=O) groups is 1. The molecule has 0 aromatic heterocycles. The summed E-state index contributed by atoms with van der Waals surface area (Å²) in [7, 11) is 0. The summed E-state index contributed by atoms with van der Waals surface area (Å²) in [4.78, 5) is 12.1. The molecule has 0 saturated carbocycles. The molecule has 0 bridgehead atoms. The van der Waals surface area contributed by atoms with Gasteiger partial charge in [-0.15, -0.1) is 0 Å². The van der Waals surface area contributed by atoms with E-state index in [9.17, 15) is 4.79 Å². The second-order valence-electron chi connectivity index (χ2n) is 4.88. The Morgan fingerprint density at radius 2 is 2.20 bits per heavy atom. The van der Waals surface area contributed by atoms with E-state index in [1.165, 1.54) is 5.56 Å². The molecule has 1 aliphatic rings. The Balaban J connectivity index is 1.76. The van der Waals surface area contributed by atoms with E-state index in [2.05, 4.69) is 16.7 Å². The van der Waals surface area contributed by atoms with Gasteiger partial charge in [0, 0.05) is 12.3 Å². The molecule has 1 heterocycles. The Labute approximate surface area is 119 Å². The Kier molecular flexibility index (Phi) is 5.98. The van der Waals surface area contributed by atoms with E-state index in [1.54, 1.807) is 0 Å². The minimum absolute atomic E-state index is 0.0335. The molecule has 5 nitrogen and oxygen atoms in total. The van der Waals surface area contributed by atoms with Crippen LogP contribution in [0.3, 0.4) is 0 Å². The van der Waals surface area contributed by atoms with Crippen LogP contribution in [0.1, 0.15) is 18.4 Å². The quantitative estimate of drug-likeness (QED) is 0.649. The van der Waals surface area contributed by atoms with Crippen LogP contribution in [-0.4, -0.2) is 43.4 Å². The molecule has 3 N–H and O–H groups in total. The van der Waals surface area contributed by atoms with Crippen LogP contribution in [0.25, 0.3) is 0 Å². The van der Waals surface area contributed by atoms with Gasteiger partial charge < -0.3 is 20.5 Å². The molecule has 2 rings (SSSR count). The number of anilines is 1. The van der Waals surface area contributed by atoms with Crippen molar-refractivity contribution in [3.8, 4) is 0 Å². The lowest BCUT2D eigenvalue weighted by Gasteiger charge is -2.15. The highest BCUT2D eigenvalue weighted by Crippen LogP contribution is 2.21. The van der Waals surface area contributed by atoms with Crippen molar-refractivity contribution in [2.75, 3.05) is 31.7 Å². The van der Waals surface area contributed by atoms with Crippen molar-refractivity contribution in [3.05, 3.63) is 29.8 Å². The van der Waals surface area contributed by atoms with E-state index in [1.807, 2.05) is 18.2 Å². The highest BCUT2D eigenvalue weighted by molar-refractivity contribution is 5.96. The molecule has 0 fully saturated rings. The number of aliphatic hydroxyl groups is 1. The van der Waals surface area contributed by atoms with Crippen LogP contribution in [0.15, 0.2) is 24.3 Å². The molecule has 5 heteroatoms. The normalized spacial score (nSPS) is 18.2. The van der Waals surface area contributed by atoms with Crippen LogP contribution in [0.5, 0.6) is 0 Å². The van der Waals surface area contributed by atoms with E-state index < -0.39 is 0 Å². The van der Waals surface area contributed by atoms with Crippen molar-refractivity contribution in [3.63, 3.8) is 0 Å². The summed E-state index contributed by atoms with van der Waals surface area (Å²) in [5.74, 6) is 0.0335. The monoisotopic (exact) mass is 278 g/mol. The summed E-state index contributed by atoms with van der Waals surface area (Å²) in [5.41, 5.74) is 2.12. The molecule has 0 spiro atoms. The number of fused-ring (bicyclic) bond motifs is 1. The first-order chi connectivity index (χ1) is 9.81. The second kappa shape index (κ2) is 7.99. The standard InChI is InChI=1S/C15H22N2O3/c18-9-11-20-10-3-8-16-14-7-6-12-4-1-2-5-13(12)17-15(14)19/h1-2,4-5,14,16,18H,3,6-11H2,(H,17,19). The molecule has 0 radical (unpaired) electrons. The predicted molar refractivity (Wildman–Crippen MR) is 77.7 cm³/mol. The molecule has 1 aliphatic heterocycles. The lowest BCUT2D eigenvalue weighted by molar-refractivity contribution is -0.118. The molecular weight excluding hydrogens is 256 g/mol. The first kappa shape index (κ1) is 15.0. The molecule has 1 aromatic rings. The summed E-state index contributed by atoms with van der Waals surface area (Å²) in [6.07, 6.45) is 2.53. The fourth-order valence-electron chi connectivity index (χ4n) is 2.32. The van der Waals surface area contributed by atoms with E-state index in [-0.39, 0.29) is 18.6 Å². The van der Waals surface area contributed by atoms with Crippen molar-refractivity contribution in [1.29, 1.82) is 0 Å². The zero-order valence-corrected chi connectivity index (χ0v) is 11.6. The molecular formula is C15H22N2O3. The van der Waals surface area contributed by atoms with Crippen LogP contribution in [0.4, 0.5) is 5.69 Å². The Morgan fingerprint density at radius 1 is 1.35 bits per heavy atom. The third-order valence-electron chi connectivity index (χ3n) is 3.39. The number of aliphatic hydroxyl groups excluding tert-OH is 1. The Bertz CT molecular complexity index is 437. The molecule has 1 unspecified atom stereocenters. The number of nitrogens with one attached hydrogen (secondary N) is 2. The summed E-state index contributed by atoms with van der Waals surface area (Å²) in [6.45, 7) is 1.76. The topological polar surface area (TPSA) is 70.6 Å². The number of hydrogen-bond acceptors (Lipinski definition) is 4. The van der Waals surface area contributed by atoms with Gasteiger partial charge >= 0.3 is 0 Å². The van der Waals surface area contributed by atoms with Crippen molar-refractivity contribution in [1.82, 2.24) is 5.32 Å². The van der Waals surface area contributed by atoms with Gasteiger partial charge in [0.1, 0.15) is 0 Å². The van der Waals surface area contributed by atoms with Crippen LogP contribution >= 0.6 is 0 Å². The first-order valence-corrected chi connectivity index (χ1v) is 7.12. The minimum atomic E-state index is -0.153. The molecule has 0 saturated heterocycles. The lowest BCUT2D eigenvalue weighted by Crippen LogP contribution is -2.40. The third-order valence-corrected chi connectivity index (χ3v) is 3.39. The van der Waals surface area contributed by atoms with E-state index in [0.717, 1.165) is 31.5 Å².